The van der Waals surface area contributed by atoms with Crippen LogP contribution >= 0.6 is 0 Å². The van der Waals surface area contributed by atoms with Crippen molar-refractivity contribution in [2.75, 3.05) is 54.0 Å². The van der Waals surface area contributed by atoms with E-state index in [2.05, 4.69) is 15.2 Å². The lowest BCUT2D eigenvalue weighted by Gasteiger charge is -2.24. The molecule has 1 unspecified atom stereocenters. The van der Waals surface area contributed by atoms with E-state index in [1.165, 1.54) is 0 Å². The third-order valence-electron chi connectivity index (χ3n) is 3.34. The zero-order chi connectivity index (χ0) is 15.0. The fourth-order valence-electron chi connectivity index (χ4n) is 2.15. The average molecular weight is 284 g/mol. The number of nitrogens with zero attached hydrogens (tertiary/aromatic N) is 3. The molecule has 1 N–H and O–H groups in total. The second kappa shape index (κ2) is 8.79. The molecule has 116 valence electrons. The van der Waals surface area contributed by atoms with Crippen molar-refractivity contribution in [3.8, 4) is 0 Å². The van der Waals surface area contributed by atoms with E-state index in [0.29, 0.717) is 18.9 Å². The first-order valence-corrected chi connectivity index (χ1v) is 7.32. The molecule has 6 heteroatoms. The maximum atomic E-state index is 11.5. The van der Waals surface area contributed by atoms with Crippen LogP contribution in [-0.4, -0.2) is 75.7 Å². The number of rotatable bonds is 6. The van der Waals surface area contributed by atoms with Gasteiger partial charge in [0.05, 0.1) is 13.2 Å². The molecule has 0 aromatic heterocycles. The zero-order valence-corrected chi connectivity index (χ0v) is 13.2. The highest BCUT2D eigenvalue weighted by Crippen LogP contribution is 2.13. The summed E-state index contributed by atoms with van der Waals surface area (Å²) in [5, 5.41) is 3.27. The summed E-state index contributed by atoms with van der Waals surface area (Å²) in [6, 6.07) is 0. The molecular weight excluding hydrogens is 256 g/mol. The van der Waals surface area contributed by atoms with E-state index in [4.69, 9.17) is 4.74 Å². The summed E-state index contributed by atoms with van der Waals surface area (Å²) in [5.41, 5.74) is 0. The number of guanidine groups is 1. The van der Waals surface area contributed by atoms with E-state index in [-0.39, 0.29) is 5.91 Å². The Bertz CT molecular complexity index is 325. The van der Waals surface area contributed by atoms with E-state index >= 15 is 0 Å². The second-order valence-corrected chi connectivity index (χ2v) is 5.38. The summed E-state index contributed by atoms with van der Waals surface area (Å²) >= 11 is 0. The number of hydrogen-bond acceptors (Lipinski definition) is 3. The molecule has 6 nitrogen and oxygen atoms in total. The molecule has 20 heavy (non-hydrogen) atoms. The van der Waals surface area contributed by atoms with Gasteiger partial charge in [0.25, 0.3) is 0 Å². The smallest absolute Gasteiger partial charge is 0.223 e. The molecule has 1 atom stereocenters. The number of amides is 1. The highest BCUT2D eigenvalue weighted by molar-refractivity contribution is 5.80. The summed E-state index contributed by atoms with van der Waals surface area (Å²) < 4.78 is 5.40. The largest absolute Gasteiger partial charge is 0.381 e. The first kappa shape index (κ1) is 16.8. The monoisotopic (exact) mass is 284 g/mol. The van der Waals surface area contributed by atoms with Gasteiger partial charge in [-0.15, -0.1) is 0 Å². The Hall–Kier alpha value is -1.30. The van der Waals surface area contributed by atoms with Crippen LogP contribution in [0.2, 0.25) is 0 Å². The Morgan fingerprint density at radius 2 is 2.15 bits per heavy atom. The van der Waals surface area contributed by atoms with Gasteiger partial charge in [0.2, 0.25) is 5.91 Å². The van der Waals surface area contributed by atoms with Crippen molar-refractivity contribution in [1.29, 1.82) is 0 Å². The van der Waals surface area contributed by atoms with Crippen molar-refractivity contribution in [1.82, 2.24) is 15.1 Å². The van der Waals surface area contributed by atoms with Crippen molar-refractivity contribution in [3.05, 3.63) is 0 Å². The molecular formula is C14H28N4O2. The Labute approximate surface area is 122 Å². The van der Waals surface area contributed by atoms with E-state index in [9.17, 15) is 4.79 Å². The normalized spacial score (nSPS) is 19.0. The van der Waals surface area contributed by atoms with Crippen LogP contribution in [0, 0.1) is 5.92 Å². The van der Waals surface area contributed by atoms with Gasteiger partial charge in [-0.1, -0.05) is 0 Å². The third-order valence-corrected chi connectivity index (χ3v) is 3.34. The van der Waals surface area contributed by atoms with Crippen LogP contribution in [0.4, 0.5) is 0 Å². The fraction of sp³-hybridized carbons (Fsp3) is 0.857. The summed E-state index contributed by atoms with van der Waals surface area (Å²) in [6.07, 6.45) is 1.56. The molecule has 0 bridgehead atoms. The van der Waals surface area contributed by atoms with E-state index in [1.807, 2.05) is 14.0 Å². The first-order valence-electron chi connectivity index (χ1n) is 7.32. The highest BCUT2D eigenvalue weighted by atomic mass is 16.5. The minimum absolute atomic E-state index is 0.108. The maximum absolute atomic E-state index is 11.5. The van der Waals surface area contributed by atoms with Gasteiger partial charge in [0.15, 0.2) is 5.96 Å². The average Bonchev–Trinajstić information content (AvgIpc) is 2.90. The number of hydrogen-bond donors (Lipinski definition) is 1. The molecule has 1 saturated heterocycles. The van der Waals surface area contributed by atoms with Gasteiger partial charge in [-0.3, -0.25) is 9.79 Å². The predicted octanol–water partition coefficient (Wildman–Crippen LogP) is 0.399. The molecule has 1 rings (SSSR count). The van der Waals surface area contributed by atoms with Crippen molar-refractivity contribution < 1.29 is 9.53 Å². The number of carbonyl (C=O) groups excluding carboxylic acids is 1. The molecule has 0 saturated carbocycles. The van der Waals surface area contributed by atoms with Gasteiger partial charge < -0.3 is 19.9 Å². The van der Waals surface area contributed by atoms with Crippen molar-refractivity contribution in [2.45, 2.75) is 19.8 Å². The van der Waals surface area contributed by atoms with Crippen molar-refractivity contribution in [2.24, 2.45) is 10.9 Å². The SMILES string of the molecule is CCNC(=NCCC(=O)N(C)C)N(C)CC1CCOC1. The van der Waals surface area contributed by atoms with Crippen molar-refractivity contribution in [3.63, 3.8) is 0 Å². The van der Waals surface area contributed by atoms with Crippen molar-refractivity contribution >= 4 is 11.9 Å². The van der Waals surface area contributed by atoms with Gasteiger partial charge in [0, 0.05) is 53.2 Å². The van der Waals surface area contributed by atoms with Crippen LogP contribution < -0.4 is 5.32 Å². The minimum Gasteiger partial charge on any atom is -0.381 e. The minimum atomic E-state index is 0.108. The second-order valence-electron chi connectivity index (χ2n) is 5.38. The van der Waals surface area contributed by atoms with E-state index < -0.39 is 0 Å². The van der Waals surface area contributed by atoms with Crippen LogP contribution in [0.25, 0.3) is 0 Å². The highest BCUT2D eigenvalue weighted by Gasteiger charge is 2.19. The Balaban J connectivity index is 2.46. The zero-order valence-electron chi connectivity index (χ0n) is 13.2. The summed E-state index contributed by atoms with van der Waals surface area (Å²) in [7, 11) is 5.57. The van der Waals surface area contributed by atoms with E-state index in [1.54, 1.807) is 19.0 Å². The molecule has 0 spiro atoms. The van der Waals surface area contributed by atoms with Crippen LogP contribution in [-0.2, 0) is 9.53 Å². The Morgan fingerprint density at radius 3 is 2.70 bits per heavy atom. The molecule has 0 aromatic carbocycles. The molecule has 1 fully saturated rings. The molecule has 0 aromatic rings. The fourth-order valence-corrected chi connectivity index (χ4v) is 2.15. The lowest BCUT2D eigenvalue weighted by Crippen LogP contribution is -2.41. The third kappa shape index (κ3) is 5.77. The number of nitrogens with one attached hydrogen (secondary N) is 1. The summed E-state index contributed by atoms with van der Waals surface area (Å²) in [6.45, 7) is 6.03. The van der Waals surface area contributed by atoms with Gasteiger partial charge in [0.1, 0.15) is 0 Å². The first-order chi connectivity index (χ1) is 9.54. The van der Waals surface area contributed by atoms with E-state index in [0.717, 1.165) is 38.7 Å². The topological polar surface area (TPSA) is 57.2 Å². The summed E-state index contributed by atoms with van der Waals surface area (Å²) in [4.78, 5) is 19.8. The van der Waals surface area contributed by atoms with Gasteiger partial charge in [-0.25, -0.2) is 0 Å². The number of aliphatic imine (C=N–C) groups is 1. The van der Waals surface area contributed by atoms with Crippen LogP contribution in [0.1, 0.15) is 19.8 Å². The molecule has 1 amide bonds. The summed E-state index contributed by atoms with van der Waals surface area (Å²) in [5.74, 6) is 1.55. The number of ether oxygens (including phenoxy) is 1. The molecule has 1 aliphatic heterocycles. The van der Waals surface area contributed by atoms with Gasteiger partial charge >= 0.3 is 0 Å². The molecule has 1 aliphatic rings. The predicted molar refractivity (Wildman–Crippen MR) is 80.8 cm³/mol. The quantitative estimate of drug-likeness (QED) is 0.566. The van der Waals surface area contributed by atoms with Crippen LogP contribution in [0.5, 0.6) is 0 Å². The van der Waals surface area contributed by atoms with Gasteiger partial charge in [-0.2, -0.15) is 0 Å². The number of carbonyl (C=O) groups is 1. The lowest BCUT2D eigenvalue weighted by molar-refractivity contribution is -0.128. The molecule has 0 radical (unpaired) electrons. The lowest BCUT2D eigenvalue weighted by atomic mass is 10.1. The van der Waals surface area contributed by atoms with Crippen LogP contribution in [0.15, 0.2) is 4.99 Å². The molecule has 1 heterocycles. The van der Waals surface area contributed by atoms with Gasteiger partial charge in [-0.05, 0) is 13.3 Å². The molecule has 0 aliphatic carbocycles. The Kier molecular flexibility index (Phi) is 7.36. The van der Waals surface area contributed by atoms with Crippen LogP contribution in [0.3, 0.4) is 0 Å². The maximum Gasteiger partial charge on any atom is 0.223 e. The Morgan fingerprint density at radius 1 is 1.40 bits per heavy atom. The standard InChI is InChI=1S/C14H28N4O2/c1-5-15-14(16-8-6-13(19)17(2)3)18(4)10-12-7-9-20-11-12/h12H,5-11H2,1-4H3,(H,15,16).